The van der Waals surface area contributed by atoms with E-state index in [0.29, 0.717) is 6.54 Å². The van der Waals surface area contributed by atoms with Gasteiger partial charge in [0.2, 0.25) is 0 Å². The lowest BCUT2D eigenvalue weighted by Crippen LogP contribution is -2.18. The van der Waals surface area contributed by atoms with Crippen molar-refractivity contribution in [1.82, 2.24) is 19.9 Å². The van der Waals surface area contributed by atoms with Crippen LogP contribution in [0.3, 0.4) is 0 Å². The van der Waals surface area contributed by atoms with Crippen LogP contribution in [0.25, 0.3) is 38.7 Å². The number of aromatic nitrogens is 3. The fourth-order valence-electron chi connectivity index (χ4n) is 5.70. The summed E-state index contributed by atoms with van der Waals surface area (Å²) in [5.74, 6) is 0.650. The molecular weight excluding hydrogens is 473 g/mol. The molecule has 2 aliphatic rings. The fraction of sp³-hybridized carbons (Fsp3) is 0.188. The van der Waals surface area contributed by atoms with Gasteiger partial charge in [-0.1, -0.05) is 30.3 Å². The van der Waals surface area contributed by atoms with Gasteiger partial charge in [-0.05, 0) is 79.0 Å². The molecule has 0 bridgehead atoms. The van der Waals surface area contributed by atoms with Gasteiger partial charge in [-0.2, -0.15) is 0 Å². The summed E-state index contributed by atoms with van der Waals surface area (Å²) in [6.45, 7) is 3.98. The quantitative estimate of drug-likeness (QED) is 0.276. The first-order valence-corrected chi connectivity index (χ1v) is 13.2. The molecule has 1 saturated heterocycles. The maximum Gasteiger partial charge on any atom is 0.134 e. The van der Waals surface area contributed by atoms with E-state index in [2.05, 4.69) is 56.6 Å². The first-order chi connectivity index (χ1) is 18.7. The second-order valence-corrected chi connectivity index (χ2v) is 10.1. The second kappa shape index (κ2) is 9.54. The van der Waals surface area contributed by atoms with E-state index in [4.69, 9.17) is 4.98 Å². The van der Waals surface area contributed by atoms with Gasteiger partial charge in [-0.3, -0.25) is 9.88 Å². The number of rotatable bonds is 5. The van der Waals surface area contributed by atoms with Gasteiger partial charge in [0.15, 0.2) is 0 Å². The van der Waals surface area contributed by atoms with Crippen molar-refractivity contribution in [3.63, 3.8) is 0 Å². The van der Waals surface area contributed by atoms with Gasteiger partial charge in [0.25, 0.3) is 0 Å². The van der Waals surface area contributed by atoms with Crippen molar-refractivity contribution in [2.24, 2.45) is 0 Å². The molecule has 0 aliphatic carbocycles. The molecular formula is C32H28FN5. The van der Waals surface area contributed by atoms with E-state index < -0.39 is 0 Å². The van der Waals surface area contributed by atoms with E-state index in [9.17, 15) is 4.39 Å². The zero-order valence-corrected chi connectivity index (χ0v) is 21.0. The number of anilines is 1. The normalized spacial score (nSPS) is 15.3. The molecule has 2 aromatic carbocycles. The number of halogens is 1. The molecule has 1 fully saturated rings. The maximum absolute atomic E-state index is 13.5. The Morgan fingerprint density at radius 2 is 1.68 bits per heavy atom. The summed E-state index contributed by atoms with van der Waals surface area (Å²) in [4.78, 5) is 15.5. The SMILES string of the molecule is Fc1ccc(-c2cccc3[nH]c(C4=CCNc5ncc(-c6cncc(CN7CCCC7)c6)cc54)cc23)cc1. The lowest BCUT2D eigenvalue weighted by Gasteiger charge is -2.19. The zero-order chi connectivity index (χ0) is 25.5. The third-order valence-electron chi connectivity index (χ3n) is 7.60. The standard InChI is InChI=1S/C32H28FN5/c33-25-8-6-22(7-9-25)26-4-3-5-30-28(26)16-31(37-30)27-10-11-35-32-29(27)15-24(19-36-32)23-14-21(17-34-18-23)20-38-12-1-2-13-38/h3-10,14-19,37H,1-2,11-13,20H2,(H,35,36). The number of nitrogens with one attached hydrogen (secondary N) is 2. The van der Waals surface area contributed by atoms with E-state index in [1.807, 2.05) is 36.8 Å². The Labute approximate surface area is 221 Å². The molecule has 6 heteroatoms. The number of nitrogens with zero attached hydrogens (tertiary/aromatic N) is 3. The molecule has 0 saturated carbocycles. The first-order valence-electron chi connectivity index (χ1n) is 13.2. The number of pyridine rings is 2. The molecule has 0 amide bonds. The van der Waals surface area contributed by atoms with E-state index >= 15 is 0 Å². The predicted molar refractivity (Wildman–Crippen MR) is 151 cm³/mol. The summed E-state index contributed by atoms with van der Waals surface area (Å²) in [7, 11) is 0. The summed E-state index contributed by atoms with van der Waals surface area (Å²) in [5.41, 5.74) is 9.71. The Hall–Kier alpha value is -4.29. The van der Waals surface area contributed by atoms with Crippen molar-refractivity contribution >= 4 is 22.3 Å². The smallest absolute Gasteiger partial charge is 0.134 e. The van der Waals surface area contributed by atoms with Crippen molar-refractivity contribution < 1.29 is 4.39 Å². The van der Waals surface area contributed by atoms with Crippen molar-refractivity contribution in [3.05, 3.63) is 108 Å². The van der Waals surface area contributed by atoms with Crippen LogP contribution in [0.1, 0.15) is 29.7 Å². The van der Waals surface area contributed by atoms with Crippen LogP contribution in [-0.2, 0) is 6.54 Å². The molecule has 2 aliphatic heterocycles. The fourth-order valence-corrected chi connectivity index (χ4v) is 5.70. The average molecular weight is 502 g/mol. The highest BCUT2D eigenvalue weighted by atomic mass is 19.1. The number of aromatic amines is 1. The summed E-state index contributed by atoms with van der Waals surface area (Å²) >= 11 is 0. The summed E-state index contributed by atoms with van der Waals surface area (Å²) in [6.07, 6.45) is 10.6. The van der Waals surface area contributed by atoms with E-state index in [1.165, 1.54) is 30.5 Å². The predicted octanol–water partition coefficient (Wildman–Crippen LogP) is 6.88. The first kappa shape index (κ1) is 22.9. The van der Waals surface area contributed by atoms with Crippen LogP contribution in [0.15, 0.2) is 85.3 Å². The molecule has 188 valence electrons. The van der Waals surface area contributed by atoms with Crippen molar-refractivity contribution in [2.75, 3.05) is 25.0 Å². The number of H-pyrrole nitrogens is 1. The highest BCUT2D eigenvalue weighted by molar-refractivity contribution is 5.99. The van der Waals surface area contributed by atoms with Gasteiger partial charge in [0.05, 0.1) is 0 Å². The van der Waals surface area contributed by atoms with Crippen LogP contribution in [0.5, 0.6) is 0 Å². The molecule has 5 nitrogen and oxygen atoms in total. The Kier molecular flexibility index (Phi) is 5.74. The van der Waals surface area contributed by atoms with Crippen LogP contribution in [0.2, 0.25) is 0 Å². The minimum Gasteiger partial charge on any atom is -0.366 e. The second-order valence-electron chi connectivity index (χ2n) is 10.1. The van der Waals surface area contributed by atoms with Crippen molar-refractivity contribution in [2.45, 2.75) is 19.4 Å². The lowest BCUT2D eigenvalue weighted by molar-refractivity contribution is 0.331. The van der Waals surface area contributed by atoms with E-state index in [-0.39, 0.29) is 5.82 Å². The van der Waals surface area contributed by atoms with Crippen LogP contribution >= 0.6 is 0 Å². The van der Waals surface area contributed by atoms with Crippen LogP contribution < -0.4 is 5.32 Å². The van der Waals surface area contributed by atoms with Crippen molar-refractivity contribution in [3.8, 4) is 22.3 Å². The third-order valence-corrected chi connectivity index (χ3v) is 7.60. The molecule has 3 aromatic heterocycles. The highest BCUT2D eigenvalue weighted by Crippen LogP contribution is 2.37. The third kappa shape index (κ3) is 4.27. The van der Waals surface area contributed by atoms with E-state index in [1.54, 1.807) is 0 Å². The summed E-state index contributed by atoms with van der Waals surface area (Å²) < 4.78 is 13.5. The number of hydrogen-bond acceptors (Lipinski definition) is 4. The molecule has 5 heterocycles. The minimum atomic E-state index is -0.229. The van der Waals surface area contributed by atoms with Crippen LogP contribution in [0.4, 0.5) is 10.2 Å². The van der Waals surface area contributed by atoms with Gasteiger partial charge in [-0.25, -0.2) is 9.37 Å². The topological polar surface area (TPSA) is 56.8 Å². The number of benzene rings is 2. The van der Waals surface area contributed by atoms with Gasteiger partial charge in [-0.15, -0.1) is 0 Å². The molecule has 0 unspecified atom stereocenters. The Bertz CT molecular complexity index is 1660. The Balaban J connectivity index is 1.25. The van der Waals surface area contributed by atoms with Crippen LogP contribution in [0, 0.1) is 5.82 Å². The molecule has 0 radical (unpaired) electrons. The molecule has 7 rings (SSSR count). The zero-order valence-electron chi connectivity index (χ0n) is 21.0. The maximum atomic E-state index is 13.5. The molecule has 2 N–H and O–H groups in total. The lowest BCUT2D eigenvalue weighted by atomic mass is 9.96. The van der Waals surface area contributed by atoms with Gasteiger partial charge in [0, 0.05) is 70.5 Å². The number of hydrogen-bond donors (Lipinski definition) is 2. The van der Waals surface area contributed by atoms with Crippen LogP contribution in [-0.4, -0.2) is 39.5 Å². The Morgan fingerprint density at radius 1 is 0.842 bits per heavy atom. The van der Waals surface area contributed by atoms with Gasteiger partial charge < -0.3 is 10.3 Å². The summed E-state index contributed by atoms with van der Waals surface area (Å²) in [5, 5.41) is 4.53. The molecule has 38 heavy (non-hydrogen) atoms. The number of likely N-dealkylation sites (tertiary alicyclic amines) is 1. The number of fused-ring (bicyclic) bond motifs is 2. The largest absolute Gasteiger partial charge is 0.366 e. The minimum absolute atomic E-state index is 0.229. The van der Waals surface area contributed by atoms with Crippen molar-refractivity contribution in [1.29, 1.82) is 0 Å². The Morgan fingerprint density at radius 3 is 2.55 bits per heavy atom. The average Bonchev–Trinajstić information content (AvgIpc) is 3.63. The highest BCUT2D eigenvalue weighted by Gasteiger charge is 2.19. The van der Waals surface area contributed by atoms with Gasteiger partial charge >= 0.3 is 0 Å². The molecule has 5 aromatic rings. The molecule has 0 atom stereocenters. The monoisotopic (exact) mass is 501 g/mol. The summed E-state index contributed by atoms with van der Waals surface area (Å²) in [6, 6.07) is 19.5. The molecule has 0 spiro atoms. The van der Waals surface area contributed by atoms with Gasteiger partial charge in [0.1, 0.15) is 11.6 Å². The van der Waals surface area contributed by atoms with E-state index in [0.717, 1.165) is 75.4 Å².